The molecule has 0 atom stereocenters. The van der Waals surface area contributed by atoms with E-state index in [-0.39, 0.29) is 0 Å². The standard InChI is InChI=1S/C7H7BrN4/c8-6-4-10-7-5(11-9)2-1-3-12(6)7/h1-4,11H,9H2. The quantitative estimate of drug-likeness (QED) is 0.571. The van der Waals surface area contributed by atoms with E-state index in [4.69, 9.17) is 5.84 Å². The second-order valence-corrected chi connectivity index (χ2v) is 3.15. The van der Waals surface area contributed by atoms with Crippen LogP contribution in [0.15, 0.2) is 29.1 Å². The molecule has 0 aromatic carbocycles. The first-order valence-corrected chi connectivity index (χ1v) is 4.20. The number of imidazole rings is 1. The number of hydrazine groups is 1. The van der Waals surface area contributed by atoms with Gasteiger partial charge < -0.3 is 5.43 Å². The molecule has 0 saturated heterocycles. The third-order valence-electron chi connectivity index (χ3n) is 1.65. The highest BCUT2D eigenvalue weighted by Crippen LogP contribution is 2.18. The number of nitrogens with one attached hydrogen (secondary N) is 1. The number of pyridine rings is 1. The fourth-order valence-electron chi connectivity index (χ4n) is 1.09. The lowest BCUT2D eigenvalue weighted by Gasteiger charge is -2.01. The molecule has 0 aliphatic rings. The van der Waals surface area contributed by atoms with Crippen LogP contribution in [0.4, 0.5) is 5.69 Å². The summed E-state index contributed by atoms with van der Waals surface area (Å²) in [5, 5.41) is 0. The van der Waals surface area contributed by atoms with Crippen LogP contribution in [0.3, 0.4) is 0 Å². The molecule has 3 N–H and O–H groups in total. The minimum Gasteiger partial charge on any atom is -0.321 e. The van der Waals surface area contributed by atoms with Gasteiger partial charge in [-0.05, 0) is 28.1 Å². The zero-order valence-corrected chi connectivity index (χ0v) is 7.75. The summed E-state index contributed by atoms with van der Waals surface area (Å²) in [6.45, 7) is 0. The Labute approximate surface area is 77.5 Å². The number of nitrogens with two attached hydrogens (primary N) is 1. The van der Waals surface area contributed by atoms with Gasteiger partial charge in [0.05, 0.1) is 11.9 Å². The van der Waals surface area contributed by atoms with E-state index in [9.17, 15) is 0 Å². The molecular formula is C7H7BrN4. The molecule has 62 valence electrons. The summed E-state index contributed by atoms with van der Waals surface area (Å²) < 4.78 is 2.81. The van der Waals surface area contributed by atoms with Gasteiger partial charge in [0.25, 0.3) is 0 Å². The van der Waals surface area contributed by atoms with E-state index in [1.54, 1.807) is 6.20 Å². The lowest BCUT2D eigenvalue weighted by atomic mass is 10.4. The SMILES string of the molecule is NNc1cccn2c(Br)cnc12. The Kier molecular flexibility index (Phi) is 1.74. The number of nitrogen functional groups attached to an aromatic ring is 1. The summed E-state index contributed by atoms with van der Waals surface area (Å²) in [5.74, 6) is 5.31. The van der Waals surface area contributed by atoms with E-state index in [0.717, 1.165) is 15.9 Å². The number of halogens is 1. The fraction of sp³-hybridized carbons (Fsp3) is 0. The monoisotopic (exact) mass is 226 g/mol. The van der Waals surface area contributed by atoms with Crippen molar-refractivity contribution in [1.82, 2.24) is 9.38 Å². The molecular weight excluding hydrogens is 220 g/mol. The van der Waals surface area contributed by atoms with Crippen LogP contribution in [0.5, 0.6) is 0 Å². The molecule has 0 radical (unpaired) electrons. The van der Waals surface area contributed by atoms with Crippen molar-refractivity contribution in [3.63, 3.8) is 0 Å². The molecule has 0 amide bonds. The summed E-state index contributed by atoms with van der Waals surface area (Å²) >= 11 is 3.36. The van der Waals surface area contributed by atoms with Crippen molar-refractivity contribution in [3.05, 3.63) is 29.1 Å². The van der Waals surface area contributed by atoms with Gasteiger partial charge in [-0.1, -0.05) is 0 Å². The molecule has 5 heteroatoms. The van der Waals surface area contributed by atoms with E-state index in [2.05, 4.69) is 26.3 Å². The molecule has 0 spiro atoms. The Morgan fingerprint density at radius 3 is 3.17 bits per heavy atom. The minimum atomic E-state index is 0.809. The van der Waals surface area contributed by atoms with Crippen molar-refractivity contribution in [2.45, 2.75) is 0 Å². The number of fused-ring (bicyclic) bond motifs is 1. The van der Waals surface area contributed by atoms with Gasteiger partial charge in [-0.15, -0.1) is 0 Å². The molecule has 0 bridgehead atoms. The number of anilines is 1. The van der Waals surface area contributed by atoms with Crippen molar-refractivity contribution >= 4 is 27.3 Å². The smallest absolute Gasteiger partial charge is 0.162 e. The summed E-state index contributed by atoms with van der Waals surface area (Å²) in [5.41, 5.74) is 4.20. The Bertz CT molecular complexity index is 409. The molecule has 2 rings (SSSR count). The molecule has 4 nitrogen and oxygen atoms in total. The maximum atomic E-state index is 5.31. The van der Waals surface area contributed by atoms with Gasteiger partial charge in [0, 0.05) is 6.20 Å². The van der Waals surface area contributed by atoms with E-state index in [1.807, 2.05) is 22.7 Å². The van der Waals surface area contributed by atoms with Gasteiger partial charge in [0.2, 0.25) is 0 Å². The summed E-state index contributed by atoms with van der Waals surface area (Å²) in [6, 6.07) is 3.77. The van der Waals surface area contributed by atoms with Crippen molar-refractivity contribution in [2.24, 2.45) is 5.84 Å². The predicted molar refractivity (Wildman–Crippen MR) is 50.7 cm³/mol. The second kappa shape index (κ2) is 2.76. The third-order valence-corrected chi connectivity index (χ3v) is 2.23. The first-order valence-electron chi connectivity index (χ1n) is 3.41. The number of aromatic nitrogens is 2. The zero-order valence-electron chi connectivity index (χ0n) is 6.16. The highest BCUT2D eigenvalue weighted by atomic mass is 79.9. The molecule has 0 saturated carbocycles. The lowest BCUT2D eigenvalue weighted by molar-refractivity contribution is 1.15. The van der Waals surface area contributed by atoms with Gasteiger partial charge >= 0.3 is 0 Å². The molecule has 0 aliphatic heterocycles. The van der Waals surface area contributed by atoms with Crippen LogP contribution >= 0.6 is 15.9 Å². The maximum Gasteiger partial charge on any atom is 0.162 e. The summed E-state index contributed by atoms with van der Waals surface area (Å²) in [6.07, 6.45) is 3.64. The largest absolute Gasteiger partial charge is 0.321 e. The number of hydrogen-bond donors (Lipinski definition) is 2. The average molecular weight is 227 g/mol. The summed E-state index contributed by atoms with van der Waals surface area (Å²) in [4.78, 5) is 4.16. The highest BCUT2D eigenvalue weighted by Gasteiger charge is 2.02. The molecule has 0 aliphatic carbocycles. The van der Waals surface area contributed by atoms with Crippen LogP contribution in [-0.2, 0) is 0 Å². The molecule has 2 aromatic rings. The Hall–Kier alpha value is -1.07. The Morgan fingerprint density at radius 2 is 2.42 bits per heavy atom. The molecule has 12 heavy (non-hydrogen) atoms. The minimum absolute atomic E-state index is 0.809. The van der Waals surface area contributed by atoms with Gasteiger partial charge in [0.1, 0.15) is 4.60 Å². The van der Waals surface area contributed by atoms with Gasteiger partial charge in [-0.3, -0.25) is 10.2 Å². The Balaban J connectivity index is 2.81. The molecule has 2 heterocycles. The highest BCUT2D eigenvalue weighted by molar-refractivity contribution is 9.10. The van der Waals surface area contributed by atoms with Crippen LogP contribution in [0.2, 0.25) is 0 Å². The first-order chi connectivity index (χ1) is 5.83. The van der Waals surface area contributed by atoms with Crippen molar-refractivity contribution in [1.29, 1.82) is 0 Å². The normalized spacial score (nSPS) is 10.5. The number of hydrogen-bond acceptors (Lipinski definition) is 3. The lowest BCUT2D eigenvalue weighted by Crippen LogP contribution is -2.08. The predicted octanol–water partition coefficient (Wildman–Crippen LogP) is 1.38. The fourth-order valence-corrected chi connectivity index (χ4v) is 1.48. The number of nitrogens with zero attached hydrogens (tertiary/aromatic N) is 2. The van der Waals surface area contributed by atoms with Crippen LogP contribution in [0.1, 0.15) is 0 Å². The third kappa shape index (κ3) is 0.981. The van der Waals surface area contributed by atoms with Gasteiger partial charge in [-0.2, -0.15) is 0 Å². The van der Waals surface area contributed by atoms with Gasteiger partial charge in [0.15, 0.2) is 5.65 Å². The van der Waals surface area contributed by atoms with E-state index in [1.165, 1.54) is 0 Å². The van der Waals surface area contributed by atoms with Crippen molar-refractivity contribution < 1.29 is 0 Å². The van der Waals surface area contributed by atoms with E-state index < -0.39 is 0 Å². The number of rotatable bonds is 1. The van der Waals surface area contributed by atoms with Crippen molar-refractivity contribution in [2.75, 3.05) is 5.43 Å². The summed E-state index contributed by atoms with van der Waals surface area (Å²) in [7, 11) is 0. The topological polar surface area (TPSA) is 55.3 Å². The maximum absolute atomic E-state index is 5.31. The van der Waals surface area contributed by atoms with Crippen LogP contribution < -0.4 is 11.3 Å². The second-order valence-electron chi connectivity index (χ2n) is 2.34. The van der Waals surface area contributed by atoms with Crippen molar-refractivity contribution in [3.8, 4) is 0 Å². The van der Waals surface area contributed by atoms with Gasteiger partial charge in [-0.25, -0.2) is 4.98 Å². The molecule has 0 unspecified atom stereocenters. The van der Waals surface area contributed by atoms with E-state index in [0.29, 0.717) is 0 Å². The first kappa shape index (κ1) is 7.57. The van der Waals surface area contributed by atoms with Crippen LogP contribution in [0.25, 0.3) is 5.65 Å². The molecule has 0 fully saturated rings. The Morgan fingerprint density at radius 1 is 1.58 bits per heavy atom. The molecule has 2 aromatic heterocycles. The van der Waals surface area contributed by atoms with Crippen LogP contribution in [0, 0.1) is 0 Å². The zero-order chi connectivity index (χ0) is 8.55. The van der Waals surface area contributed by atoms with Crippen LogP contribution in [-0.4, -0.2) is 9.38 Å². The average Bonchev–Trinajstić information content (AvgIpc) is 2.48. The van der Waals surface area contributed by atoms with E-state index >= 15 is 0 Å².